The number of hydrogen-bond acceptors (Lipinski definition) is 4. The van der Waals surface area contributed by atoms with E-state index in [1.54, 1.807) is 17.5 Å². The van der Waals surface area contributed by atoms with Crippen molar-refractivity contribution >= 4 is 50.6 Å². The van der Waals surface area contributed by atoms with Gasteiger partial charge in [0.15, 0.2) is 5.96 Å². The first-order valence-electron chi connectivity index (χ1n) is 8.30. The molecule has 1 atom stereocenters. The monoisotopic (exact) mass is 441 g/mol. The lowest BCUT2D eigenvalue weighted by Gasteiger charge is -2.20. The normalized spacial score (nSPS) is 17.8. The quantitative estimate of drug-likeness (QED) is 0.545. The number of thiophene rings is 1. The van der Waals surface area contributed by atoms with E-state index >= 15 is 0 Å². The fourth-order valence-corrected chi connectivity index (χ4v) is 4.44. The average molecular weight is 443 g/mol. The second-order valence-electron chi connectivity index (χ2n) is 5.79. The summed E-state index contributed by atoms with van der Waals surface area (Å²) >= 11 is 11.5. The van der Waals surface area contributed by atoms with E-state index in [1.165, 1.54) is 4.88 Å². The molecule has 0 aromatic carbocycles. The van der Waals surface area contributed by atoms with Gasteiger partial charge in [0.05, 0.1) is 15.4 Å². The number of nitrogens with zero attached hydrogens (tertiary/aromatic N) is 3. The third kappa shape index (κ3) is 5.09. The SMILES string of the molecule is CCNC(=NCc1ccc(Br)s1)NC1CCN(c2ncccc2Cl)C1. The van der Waals surface area contributed by atoms with Gasteiger partial charge in [-0.25, -0.2) is 9.98 Å². The second-order valence-corrected chi connectivity index (χ2v) is 8.74. The first-order valence-corrected chi connectivity index (χ1v) is 10.3. The van der Waals surface area contributed by atoms with Crippen LogP contribution in [-0.2, 0) is 6.54 Å². The fraction of sp³-hybridized carbons (Fsp3) is 0.412. The Morgan fingerprint density at radius 1 is 1.48 bits per heavy atom. The maximum absolute atomic E-state index is 6.26. The molecule has 0 spiro atoms. The predicted molar refractivity (Wildman–Crippen MR) is 110 cm³/mol. The molecule has 1 fully saturated rings. The van der Waals surface area contributed by atoms with Crippen LogP contribution >= 0.6 is 38.9 Å². The minimum Gasteiger partial charge on any atom is -0.357 e. The molecular weight excluding hydrogens is 422 g/mol. The van der Waals surface area contributed by atoms with Crippen molar-refractivity contribution in [1.29, 1.82) is 0 Å². The van der Waals surface area contributed by atoms with E-state index in [1.807, 2.05) is 12.1 Å². The first-order chi connectivity index (χ1) is 12.2. The van der Waals surface area contributed by atoms with Crippen molar-refractivity contribution in [3.63, 3.8) is 0 Å². The molecule has 1 aliphatic heterocycles. The Kier molecular flexibility index (Phi) is 6.56. The molecular formula is C17H21BrClN5S. The molecule has 0 aliphatic carbocycles. The van der Waals surface area contributed by atoms with E-state index in [-0.39, 0.29) is 0 Å². The lowest BCUT2D eigenvalue weighted by molar-refractivity contribution is 0.649. The second kappa shape index (κ2) is 8.87. The van der Waals surface area contributed by atoms with Gasteiger partial charge in [0, 0.05) is 36.8 Å². The van der Waals surface area contributed by atoms with Gasteiger partial charge in [0.25, 0.3) is 0 Å². The standard InChI is InChI=1S/C17H21BrClN5S/c1-2-20-17(22-10-13-5-6-15(18)25-13)23-12-7-9-24(11-12)16-14(19)4-3-8-21-16/h3-6,8,12H,2,7,9-11H2,1H3,(H2,20,22,23). The highest BCUT2D eigenvalue weighted by atomic mass is 79.9. The third-order valence-corrected chi connectivity index (χ3v) is 5.84. The largest absolute Gasteiger partial charge is 0.357 e. The maximum Gasteiger partial charge on any atom is 0.191 e. The molecule has 5 nitrogen and oxygen atoms in total. The first kappa shape index (κ1) is 18.5. The Morgan fingerprint density at radius 2 is 2.36 bits per heavy atom. The van der Waals surface area contributed by atoms with Crippen LogP contribution in [0.1, 0.15) is 18.2 Å². The zero-order valence-corrected chi connectivity index (χ0v) is 17.2. The van der Waals surface area contributed by atoms with Crippen LogP contribution in [0.2, 0.25) is 5.02 Å². The topological polar surface area (TPSA) is 52.6 Å². The number of pyridine rings is 1. The highest BCUT2D eigenvalue weighted by Gasteiger charge is 2.25. The highest BCUT2D eigenvalue weighted by molar-refractivity contribution is 9.11. The summed E-state index contributed by atoms with van der Waals surface area (Å²) in [5.74, 6) is 1.71. The van der Waals surface area contributed by atoms with Crippen molar-refractivity contribution in [2.45, 2.75) is 25.9 Å². The Hall–Kier alpha value is -1.31. The average Bonchev–Trinajstić information content (AvgIpc) is 3.22. The van der Waals surface area contributed by atoms with E-state index < -0.39 is 0 Å². The Bertz CT molecular complexity index is 735. The number of guanidine groups is 1. The van der Waals surface area contributed by atoms with Gasteiger partial charge in [0.2, 0.25) is 0 Å². The maximum atomic E-state index is 6.26. The smallest absolute Gasteiger partial charge is 0.191 e. The highest BCUT2D eigenvalue weighted by Crippen LogP contribution is 2.26. The molecule has 25 heavy (non-hydrogen) atoms. The van der Waals surface area contributed by atoms with E-state index in [4.69, 9.17) is 16.6 Å². The van der Waals surface area contributed by atoms with Crippen molar-refractivity contribution < 1.29 is 0 Å². The van der Waals surface area contributed by atoms with Crippen molar-refractivity contribution in [1.82, 2.24) is 15.6 Å². The van der Waals surface area contributed by atoms with Gasteiger partial charge in [-0.05, 0) is 53.5 Å². The molecule has 2 aromatic heterocycles. The molecule has 2 aromatic rings. The molecule has 0 amide bonds. The number of hydrogen-bond donors (Lipinski definition) is 2. The molecule has 1 saturated heterocycles. The number of halogens is 2. The van der Waals surface area contributed by atoms with E-state index in [0.29, 0.717) is 17.6 Å². The molecule has 0 bridgehead atoms. The molecule has 2 N–H and O–H groups in total. The van der Waals surface area contributed by atoms with Crippen molar-refractivity contribution in [3.05, 3.63) is 44.1 Å². The molecule has 1 aliphatic rings. The minimum absolute atomic E-state index is 0.325. The van der Waals surface area contributed by atoms with Gasteiger partial charge in [-0.15, -0.1) is 11.3 Å². The number of aliphatic imine (C=N–C) groups is 1. The summed E-state index contributed by atoms with van der Waals surface area (Å²) in [5, 5.41) is 7.56. The van der Waals surface area contributed by atoms with Crippen LogP contribution < -0.4 is 15.5 Å². The van der Waals surface area contributed by atoms with Crippen molar-refractivity contribution in [2.75, 3.05) is 24.5 Å². The summed E-state index contributed by atoms with van der Waals surface area (Å²) in [6, 6.07) is 8.22. The summed E-state index contributed by atoms with van der Waals surface area (Å²) < 4.78 is 1.13. The fourth-order valence-electron chi connectivity index (χ4n) is 2.79. The number of nitrogens with one attached hydrogen (secondary N) is 2. The zero-order valence-electron chi connectivity index (χ0n) is 14.0. The minimum atomic E-state index is 0.325. The lowest BCUT2D eigenvalue weighted by atomic mass is 10.3. The Morgan fingerprint density at radius 3 is 3.08 bits per heavy atom. The van der Waals surface area contributed by atoms with Crippen LogP contribution in [-0.4, -0.2) is 36.6 Å². The van der Waals surface area contributed by atoms with Gasteiger partial charge < -0.3 is 15.5 Å². The van der Waals surface area contributed by atoms with E-state index in [0.717, 1.165) is 41.6 Å². The molecule has 134 valence electrons. The van der Waals surface area contributed by atoms with E-state index in [2.05, 4.69) is 55.5 Å². The van der Waals surface area contributed by atoms with Crippen LogP contribution in [0.15, 0.2) is 39.2 Å². The lowest BCUT2D eigenvalue weighted by Crippen LogP contribution is -2.44. The van der Waals surface area contributed by atoms with Crippen LogP contribution in [0.3, 0.4) is 0 Å². The molecule has 3 rings (SSSR count). The molecule has 3 heterocycles. The van der Waals surface area contributed by atoms with Crippen molar-refractivity contribution in [2.24, 2.45) is 4.99 Å². The number of anilines is 1. The summed E-state index contributed by atoms with van der Waals surface area (Å²) in [6.07, 6.45) is 2.81. The summed E-state index contributed by atoms with van der Waals surface area (Å²) in [5.41, 5.74) is 0. The van der Waals surface area contributed by atoms with Crippen LogP contribution in [0.25, 0.3) is 0 Å². The van der Waals surface area contributed by atoms with Gasteiger partial charge in [0.1, 0.15) is 5.82 Å². The van der Waals surface area contributed by atoms with Crippen LogP contribution in [0, 0.1) is 0 Å². The molecule has 0 radical (unpaired) electrons. The van der Waals surface area contributed by atoms with E-state index in [9.17, 15) is 0 Å². The molecule has 8 heteroatoms. The van der Waals surface area contributed by atoms with Gasteiger partial charge in [-0.2, -0.15) is 0 Å². The van der Waals surface area contributed by atoms with Crippen LogP contribution in [0.5, 0.6) is 0 Å². The summed E-state index contributed by atoms with van der Waals surface area (Å²) in [4.78, 5) is 12.6. The Labute approximate surface area is 165 Å². The van der Waals surface area contributed by atoms with Gasteiger partial charge in [-0.1, -0.05) is 11.6 Å². The van der Waals surface area contributed by atoms with Gasteiger partial charge in [-0.3, -0.25) is 0 Å². The molecule has 0 saturated carbocycles. The van der Waals surface area contributed by atoms with Crippen molar-refractivity contribution in [3.8, 4) is 0 Å². The third-order valence-electron chi connectivity index (χ3n) is 3.93. The number of rotatable bonds is 5. The van der Waals surface area contributed by atoms with Crippen LogP contribution in [0.4, 0.5) is 5.82 Å². The zero-order chi connectivity index (χ0) is 17.6. The molecule has 1 unspecified atom stereocenters. The summed E-state index contributed by atoms with van der Waals surface area (Å²) in [7, 11) is 0. The van der Waals surface area contributed by atoms with Gasteiger partial charge >= 0.3 is 0 Å². The number of aromatic nitrogens is 1. The predicted octanol–water partition coefficient (Wildman–Crippen LogP) is 3.89. The Balaban J connectivity index is 1.60. The summed E-state index contributed by atoms with van der Waals surface area (Å²) in [6.45, 7) is 5.39.